The number of carbonyl (C=O) groups is 1. The molecule has 0 atom stereocenters. The zero-order valence-electron chi connectivity index (χ0n) is 9.23. The highest BCUT2D eigenvalue weighted by Gasteiger charge is 2.23. The van der Waals surface area contributed by atoms with Crippen LogP contribution in [-0.2, 0) is 9.63 Å². The third-order valence-electron chi connectivity index (χ3n) is 2.26. The SMILES string of the molecule is O=C(CO/N=C\c1cccc(F)c1)NC1CC1. The molecule has 17 heavy (non-hydrogen) atoms. The van der Waals surface area contributed by atoms with E-state index < -0.39 is 0 Å². The van der Waals surface area contributed by atoms with Crippen molar-refractivity contribution in [3.05, 3.63) is 35.6 Å². The van der Waals surface area contributed by atoms with Crippen LogP contribution in [0.3, 0.4) is 0 Å². The molecule has 4 nitrogen and oxygen atoms in total. The van der Waals surface area contributed by atoms with Gasteiger partial charge in [0.25, 0.3) is 5.91 Å². The number of halogens is 1. The van der Waals surface area contributed by atoms with E-state index in [0.717, 1.165) is 12.8 Å². The molecule has 0 saturated heterocycles. The summed E-state index contributed by atoms with van der Waals surface area (Å²) in [7, 11) is 0. The molecule has 1 aromatic rings. The lowest BCUT2D eigenvalue weighted by molar-refractivity contribution is -0.125. The van der Waals surface area contributed by atoms with E-state index in [1.54, 1.807) is 12.1 Å². The zero-order chi connectivity index (χ0) is 12.1. The minimum Gasteiger partial charge on any atom is -0.386 e. The van der Waals surface area contributed by atoms with Crippen molar-refractivity contribution in [2.24, 2.45) is 5.16 Å². The van der Waals surface area contributed by atoms with Crippen LogP contribution in [0, 0.1) is 5.82 Å². The van der Waals surface area contributed by atoms with Crippen molar-refractivity contribution in [2.45, 2.75) is 18.9 Å². The summed E-state index contributed by atoms with van der Waals surface area (Å²) in [6, 6.07) is 6.27. The average molecular weight is 236 g/mol. The predicted molar refractivity (Wildman–Crippen MR) is 61.1 cm³/mol. The molecule has 0 heterocycles. The normalized spacial score (nSPS) is 14.9. The second-order valence-corrected chi connectivity index (χ2v) is 3.90. The average Bonchev–Trinajstić information content (AvgIpc) is 3.08. The monoisotopic (exact) mass is 236 g/mol. The molecule has 0 radical (unpaired) electrons. The van der Waals surface area contributed by atoms with Crippen molar-refractivity contribution in [1.29, 1.82) is 0 Å². The number of carbonyl (C=O) groups excluding carboxylic acids is 1. The molecule has 0 aromatic heterocycles. The summed E-state index contributed by atoms with van der Waals surface area (Å²) in [6.07, 6.45) is 3.45. The highest BCUT2D eigenvalue weighted by molar-refractivity contribution is 5.80. The fourth-order valence-corrected chi connectivity index (χ4v) is 1.28. The highest BCUT2D eigenvalue weighted by atomic mass is 19.1. The number of nitrogens with one attached hydrogen (secondary N) is 1. The van der Waals surface area contributed by atoms with Crippen LogP contribution in [-0.4, -0.2) is 24.8 Å². The van der Waals surface area contributed by atoms with E-state index in [1.807, 2.05) is 0 Å². The molecule has 0 spiro atoms. The molecule has 1 fully saturated rings. The standard InChI is InChI=1S/C12H13FN2O2/c13-10-3-1-2-9(6-10)7-14-17-8-12(16)15-11-4-5-11/h1-3,6-7,11H,4-5,8H2,(H,15,16)/b14-7-. The van der Waals surface area contributed by atoms with Crippen LogP contribution in [0.4, 0.5) is 4.39 Å². The molecule has 0 bridgehead atoms. The Morgan fingerprint density at radius 1 is 1.59 bits per heavy atom. The van der Waals surface area contributed by atoms with Gasteiger partial charge in [-0.05, 0) is 30.5 Å². The van der Waals surface area contributed by atoms with Gasteiger partial charge in [0, 0.05) is 6.04 Å². The summed E-state index contributed by atoms with van der Waals surface area (Å²) >= 11 is 0. The van der Waals surface area contributed by atoms with Gasteiger partial charge >= 0.3 is 0 Å². The summed E-state index contributed by atoms with van der Waals surface area (Å²) in [4.78, 5) is 16.0. The van der Waals surface area contributed by atoms with Gasteiger partial charge in [-0.1, -0.05) is 17.3 Å². The summed E-state index contributed by atoms with van der Waals surface area (Å²) in [5.74, 6) is -0.510. The maximum Gasteiger partial charge on any atom is 0.260 e. The fraction of sp³-hybridized carbons (Fsp3) is 0.333. The first-order chi connectivity index (χ1) is 8.24. The Kier molecular flexibility index (Phi) is 3.69. The Balaban J connectivity index is 1.71. The van der Waals surface area contributed by atoms with Crippen LogP contribution < -0.4 is 5.32 Å². The van der Waals surface area contributed by atoms with Crippen molar-refractivity contribution < 1.29 is 14.0 Å². The smallest absolute Gasteiger partial charge is 0.260 e. The number of benzene rings is 1. The molecule has 0 unspecified atom stereocenters. The summed E-state index contributed by atoms with van der Waals surface area (Å²) in [6.45, 7) is -0.109. The number of nitrogens with zero attached hydrogens (tertiary/aromatic N) is 1. The van der Waals surface area contributed by atoms with Gasteiger partial charge in [0.2, 0.25) is 0 Å². The first-order valence-electron chi connectivity index (χ1n) is 5.44. The van der Waals surface area contributed by atoms with Crippen molar-refractivity contribution >= 4 is 12.1 Å². The van der Waals surface area contributed by atoms with Crippen LogP contribution in [0.2, 0.25) is 0 Å². The van der Waals surface area contributed by atoms with E-state index in [9.17, 15) is 9.18 Å². The van der Waals surface area contributed by atoms with E-state index in [2.05, 4.69) is 10.5 Å². The maximum absolute atomic E-state index is 12.8. The van der Waals surface area contributed by atoms with Crippen molar-refractivity contribution in [2.75, 3.05) is 6.61 Å². The highest BCUT2D eigenvalue weighted by Crippen LogP contribution is 2.18. The number of rotatable bonds is 5. The van der Waals surface area contributed by atoms with E-state index >= 15 is 0 Å². The summed E-state index contributed by atoms with van der Waals surface area (Å²) < 4.78 is 12.8. The van der Waals surface area contributed by atoms with Gasteiger partial charge in [0.15, 0.2) is 6.61 Å². The fourth-order valence-electron chi connectivity index (χ4n) is 1.28. The Bertz CT molecular complexity index is 430. The topological polar surface area (TPSA) is 50.7 Å². The minimum absolute atomic E-state index is 0.109. The maximum atomic E-state index is 12.8. The molecule has 5 heteroatoms. The molecule has 1 saturated carbocycles. The molecule has 90 valence electrons. The zero-order valence-corrected chi connectivity index (χ0v) is 9.23. The number of oxime groups is 1. The summed E-state index contributed by atoms with van der Waals surface area (Å²) in [5, 5.41) is 6.36. The van der Waals surface area contributed by atoms with Gasteiger partial charge in [0.05, 0.1) is 6.21 Å². The second kappa shape index (κ2) is 5.43. The molecule has 1 N–H and O–H groups in total. The largest absolute Gasteiger partial charge is 0.386 e. The van der Waals surface area contributed by atoms with E-state index in [1.165, 1.54) is 18.3 Å². The molecular formula is C12H13FN2O2. The van der Waals surface area contributed by atoms with Gasteiger partial charge < -0.3 is 10.2 Å². The Hall–Kier alpha value is -1.91. The predicted octanol–water partition coefficient (Wildman–Crippen LogP) is 1.45. The van der Waals surface area contributed by atoms with E-state index in [4.69, 9.17) is 4.84 Å². The third-order valence-corrected chi connectivity index (χ3v) is 2.26. The lowest BCUT2D eigenvalue weighted by Gasteiger charge is -2.00. The quantitative estimate of drug-likeness (QED) is 0.621. The molecule has 0 aliphatic heterocycles. The summed E-state index contributed by atoms with van der Waals surface area (Å²) in [5.41, 5.74) is 0.590. The Morgan fingerprint density at radius 3 is 3.12 bits per heavy atom. The van der Waals surface area contributed by atoms with Crippen LogP contribution in [0.25, 0.3) is 0 Å². The number of hydrogen-bond donors (Lipinski definition) is 1. The van der Waals surface area contributed by atoms with E-state index in [-0.39, 0.29) is 18.3 Å². The van der Waals surface area contributed by atoms with Gasteiger partial charge in [0.1, 0.15) is 5.82 Å². The van der Waals surface area contributed by atoms with Crippen LogP contribution >= 0.6 is 0 Å². The lowest BCUT2D eigenvalue weighted by Crippen LogP contribution is -2.28. The van der Waals surface area contributed by atoms with Crippen LogP contribution in [0.5, 0.6) is 0 Å². The second-order valence-electron chi connectivity index (χ2n) is 3.90. The Morgan fingerprint density at radius 2 is 2.41 bits per heavy atom. The Labute approximate surface area is 98.5 Å². The van der Waals surface area contributed by atoms with Gasteiger partial charge in [-0.15, -0.1) is 0 Å². The lowest BCUT2D eigenvalue weighted by atomic mass is 10.2. The van der Waals surface area contributed by atoms with Crippen LogP contribution in [0.15, 0.2) is 29.4 Å². The minimum atomic E-state index is -0.333. The van der Waals surface area contributed by atoms with Crippen LogP contribution in [0.1, 0.15) is 18.4 Å². The number of amides is 1. The number of hydrogen-bond acceptors (Lipinski definition) is 3. The molecule has 1 amide bonds. The molecule has 1 aromatic carbocycles. The van der Waals surface area contributed by atoms with Gasteiger partial charge in [-0.2, -0.15) is 0 Å². The molecule has 2 rings (SSSR count). The van der Waals surface area contributed by atoms with Crippen molar-refractivity contribution in [3.63, 3.8) is 0 Å². The van der Waals surface area contributed by atoms with Crippen molar-refractivity contribution in [3.8, 4) is 0 Å². The first-order valence-corrected chi connectivity index (χ1v) is 5.44. The molecular weight excluding hydrogens is 223 g/mol. The van der Waals surface area contributed by atoms with Crippen molar-refractivity contribution in [1.82, 2.24) is 5.32 Å². The third kappa shape index (κ3) is 4.22. The van der Waals surface area contributed by atoms with E-state index in [0.29, 0.717) is 11.6 Å². The molecule has 1 aliphatic carbocycles. The van der Waals surface area contributed by atoms with Gasteiger partial charge in [-0.3, -0.25) is 4.79 Å². The molecule has 1 aliphatic rings. The van der Waals surface area contributed by atoms with Gasteiger partial charge in [-0.25, -0.2) is 4.39 Å². The first kappa shape index (κ1) is 11.6.